The number of esters is 1. The van der Waals surface area contributed by atoms with Crippen LogP contribution >= 0.6 is 0 Å². The van der Waals surface area contributed by atoms with Crippen molar-refractivity contribution in [3.05, 3.63) is 77.2 Å². The summed E-state index contributed by atoms with van der Waals surface area (Å²) in [6.45, 7) is 5.48. The number of hydrogen-bond donors (Lipinski definition) is 0. The van der Waals surface area contributed by atoms with Crippen LogP contribution in [-0.2, 0) is 10.0 Å². The van der Waals surface area contributed by atoms with Crippen molar-refractivity contribution < 1.29 is 22.4 Å². The number of sulfonamides is 1. The number of hydrogen-bond acceptors (Lipinski definition) is 5. The van der Waals surface area contributed by atoms with E-state index in [9.17, 15) is 13.2 Å². The highest BCUT2D eigenvalue weighted by Gasteiger charge is 2.22. The minimum atomic E-state index is -3.70. The third-order valence-electron chi connectivity index (χ3n) is 4.63. The number of nitrogens with zero attached hydrogens (tertiary/aromatic N) is 1. The molecule has 0 saturated carbocycles. The van der Waals surface area contributed by atoms with E-state index >= 15 is 0 Å². The van der Waals surface area contributed by atoms with Crippen LogP contribution in [0.1, 0.15) is 27.2 Å². The monoisotopic (exact) mass is 399 g/mol. The lowest BCUT2D eigenvalue weighted by Crippen LogP contribution is -2.26. The molecule has 6 nitrogen and oxygen atoms in total. The third kappa shape index (κ3) is 3.80. The molecule has 0 radical (unpaired) electrons. The molecule has 146 valence electrons. The molecule has 0 spiro atoms. The maximum absolute atomic E-state index is 12.9. The van der Waals surface area contributed by atoms with Crippen LogP contribution in [-0.4, -0.2) is 21.4 Å². The molecule has 1 aromatic heterocycles. The first-order valence-electron chi connectivity index (χ1n) is 8.62. The molecule has 2 aromatic carbocycles. The first-order valence-corrected chi connectivity index (χ1v) is 10.1. The minimum absolute atomic E-state index is 0.226. The Morgan fingerprint density at radius 2 is 1.64 bits per heavy atom. The van der Waals surface area contributed by atoms with Crippen molar-refractivity contribution in [2.75, 3.05) is 11.4 Å². The Labute approximate surface area is 164 Å². The molecule has 0 N–H and O–H groups in total. The second-order valence-corrected chi connectivity index (χ2v) is 8.46. The molecule has 1 heterocycles. The second-order valence-electron chi connectivity index (χ2n) is 6.49. The fourth-order valence-electron chi connectivity index (χ4n) is 2.65. The summed E-state index contributed by atoms with van der Waals surface area (Å²) in [5.74, 6) is 0.252. The van der Waals surface area contributed by atoms with Gasteiger partial charge in [-0.3, -0.25) is 4.31 Å². The van der Waals surface area contributed by atoms with Crippen molar-refractivity contribution >= 4 is 21.7 Å². The van der Waals surface area contributed by atoms with Crippen molar-refractivity contribution in [2.45, 2.75) is 25.7 Å². The van der Waals surface area contributed by atoms with Gasteiger partial charge in [0, 0.05) is 7.05 Å². The normalized spacial score (nSPS) is 11.3. The number of furan rings is 1. The maximum atomic E-state index is 12.9. The van der Waals surface area contributed by atoms with E-state index in [2.05, 4.69) is 0 Å². The Kier molecular flexibility index (Phi) is 5.29. The SMILES string of the molecule is Cc1ccc(S(=O)(=O)N(C)c2ccc(OC(=O)c3ccoc3C)cc2)cc1C. The Balaban J connectivity index is 1.79. The third-order valence-corrected chi connectivity index (χ3v) is 6.41. The predicted molar refractivity (Wildman–Crippen MR) is 106 cm³/mol. The highest BCUT2D eigenvalue weighted by Crippen LogP contribution is 2.26. The minimum Gasteiger partial charge on any atom is -0.469 e. The Morgan fingerprint density at radius 3 is 2.21 bits per heavy atom. The standard InChI is InChI=1S/C21H21NO5S/c1-14-5-10-19(13-15(14)2)28(24,25)22(4)17-6-8-18(9-7-17)27-21(23)20-11-12-26-16(20)3/h5-13H,1-4H3. The van der Waals surface area contributed by atoms with Crippen LogP contribution in [0.4, 0.5) is 5.69 Å². The Hall–Kier alpha value is -3.06. The van der Waals surface area contributed by atoms with E-state index in [0.29, 0.717) is 22.8 Å². The molecule has 0 saturated heterocycles. The van der Waals surface area contributed by atoms with Crippen LogP contribution in [0, 0.1) is 20.8 Å². The average Bonchev–Trinajstić information content (AvgIpc) is 3.10. The number of ether oxygens (including phenoxy) is 1. The first-order chi connectivity index (χ1) is 13.2. The molecule has 7 heteroatoms. The summed E-state index contributed by atoms with van der Waals surface area (Å²) >= 11 is 0. The summed E-state index contributed by atoms with van der Waals surface area (Å²) in [5, 5.41) is 0. The van der Waals surface area contributed by atoms with E-state index in [1.165, 1.54) is 23.7 Å². The summed E-state index contributed by atoms with van der Waals surface area (Å²) in [6, 6.07) is 12.9. The average molecular weight is 399 g/mol. The van der Waals surface area contributed by atoms with Gasteiger partial charge in [-0.05, 0) is 74.4 Å². The van der Waals surface area contributed by atoms with E-state index in [0.717, 1.165) is 11.1 Å². The zero-order valence-electron chi connectivity index (χ0n) is 16.1. The van der Waals surface area contributed by atoms with E-state index in [1.807, 2.05) is 13.8 Å². The topological polar surface area (TPSA) is 76.8 Å². The molecule has 0 unspecified atom stereocenters. The lowest BCUT2D eigenvalue weighted by molar-refractivity contribution is 0.0733. The molecular weight excluding hydrogens is 378 g/mol. The summed E-state index contributed by atoms with van der Waals surface area (Å²) < 4.78 is 37.4. The van der Waals surface area contributed by atoms with E-state index in [1.54, 1.807) is 49.4 Å². The van der Waals surface area contributed by atoms with Gasteiger partial charge in [-0.25, -0.2) is 13.2 Å². The number of benzene rings is 2. The van der Waals surface area contributed by atoms with Crippen molar-refractivity contribution in [1.82, 2.24) is 0 Å². The molecule has 28 heavy (non-hydrogen) atoms. The van der Waals surface area contributed by atoms with Gasteiger partial charge >= 0.3 is 5.97 Å². The Bertz CT molecular complexity index is 1110. The smallest absolute Gasteiger partial charge is 0.347 e. The van der Waals surface area contributed by atoms with Crippen LogP contribution in [0.25, 0.3) is 0 Å². The number of anilines is 1. The summed E-state index contributed by atoms with van der Waals surface area (Å²) in [7, 11) is -2.21. The van der Waals surface area contributed by atoms with E-state index < -0.39 is 16.0 Å². The van der Waals surface area contributed by atoms with Gasteiger partial charge in [-0.15, -0.1) is 0 Å². The summed E-state index contributed by atoms with van der Waals surface area (Å²) in [6.07, 6.45) is 1.42. The lowest BCUT2D eigenvalue weighted by atomic mass is 10.1. The quantitative estimate of drug-likeness (QED) is 0.473. The molecule has 0 aliphatic carbocycles. The highest BCUT2D eigenvalue weighted by molar-refractivity contribution is 7.92. The molecule has 3 aromatic rings. The van der Waals surface area contributed by atoms with Crippen LogP contribution < -0.4 is 9.04 Å². The first kappa shape index (κ1) is 19.7. The molecule has 0 amide bonds. The Morgan fingerprint density at radius 1 is 0.964 bits per heavy atom. The highest BCUT2D eigenvalue weighted by atomic mass is 32.2. The zero-order chi connectivity index (χ0) is 20.5. The van der Waals surface area contributed by atoms with Crippen LogP contribution in [0.3, 0.4) is 0 Å². The fraction of sp³-hybridized carbons (Fsp3) is 0.190. The van der Waals surface area contributed by atoms with Gasteiger partial charge in [-0.2, -0.15) is 0 Å². The van der Waals surface area contributed by atoms with Gasteiger partial charge in [-0.1, -0.05) is 6.07 Å². The van der Waals surface area contributed by atoms with Crippen molar-refractivity contribution in [1.29, 1.82) is 0 Å². The van der Waals surface area contributed by atoms with E-state index in [4.69, 9.17) is 9.15 Å². The van der Waals surface area contributed by atoms with Gasteiger partial charge in [0.05, 0.1) is 16.8 Å². The molecular formula is C21H21NO5S. The number of aryl methyl sites for hydroxylation is 3. The van der Waals surface area contributed by atoms with Crippen molar-refractivity contribution in [3.63, 3.8) is 0 Å². The molecule has 0 atom stereocenters. The van der Waals surface area contributed by atoms with Gasteiger partial charge in [0.2, 0.25) is 0 Å². The van der Waals surface area contributed by atoms with Crippen molar-refractivity contribution in [2.24, 2.45) is 0 Å². The molecule has 0 aliphatic rings. The van der Waals surface area contributed by atoms with Gasteiger partial charge < -0.3 is 9.15 Å². The van der Waals surface area contributed by atoms with Crippen LogP contribution in [0.15, 0.2) is 64.1 Å². The fourth-order valence-corrected chi connectivity index (χ4v) is 3.94. The summed E-state index contributed by atoms with van der Waals surface area (Å²) in [4.78, 5) is 12.4. The van der Waals surface area contributed by atoms with E-state index in [-0.39, 0.29) is 4.90 Å². The van der Waals surface area contributed by atoms with Gasteiger partial charge in [0.25, 0.3) is 10.0 Å². The molecule has 0 aliphatic heterocycles. The second kappa shape index (κ2) is 7.52. The predicted octanol–water partition coefficient (Wildman–Crippen LogP) is 4.25. The number of rotatable bonds is 5. The zero-order valence-corrected chi connectivity index (χ0v) is 16.9. The maximum Gasteiger partial charge on any atom is 0.347 e. The summed E-state index contributed by atoms with van der Waals surface area (Å²) in [5.41, 5.74) is 2.74. The lowest BCUT2D eigenvalue weighted by Gasteiger charge is -2.20. The van der Waals surface area contributed by atoms with Crippen LogP contribution in [0.5, 0.6) is 5.75 Å². The molecule has 0 fully saturated rings. The van der Waals surface area contributed by atoms with Crippen LogP contribution in [0.2, 0.25) is 0 Å². The van der Waals surface area contributed by atoms with Gasteiger partial charge in [0.15, 0.2) is 0 Å². The molecule has 0 bridgehead atoms. The number of carbonyl (C=O) groups excluding carboxylic acids is 1. The molecule has 3 rings (SSSR count). The number of carbonyl (C=O) groups is 1. The van der Waals surface area contributed by atoms with Crippen molar-refractivity contribution in [3.8, 4) is 5.75 Å². The van der Waals surface area contributed by atoms with Gasteiger partial charge in [0.1, 0.15) is 17.1 Å². The largest absolute Gasteiger partial charge is 0.469 e.